The zero-order valence-corrected chi connectivity index (χ0v) is 11.8. The molecule has 2 heterocycles. The maximum Gasteiger partial charge on any atom is 0.412 e. The number of rotatable bonds is 1. The molecule has 1 aromatic heterocycles. The summed E-state index contributed by atoms with van der Waals surface area (Å²) >= 11 is 5.33. The van der Waals surface area contributed by atoms with Gasteiger partial charge in [0.15, 0.2) is 6.04 Å². The molecule has 1 aliphatic rings. The summed E-state index contributed by atoms with van der Waals surface area (Å²) in [5, 5.41) is 2.02. The fourth-order valence-electron chi connectivity index (χ4n) is 1.78. The van der Waals surface area contributed by atoms with Crippen molar-refractivity contribution in [1.82, 2.24) is 0 Å². The first-order valence-electron chi connectivity index (χ1n) is 4.52. The van der Waals surface area contributed by atoms with Crippen LogP contribution >= 0.6 is 27.7 Å². The fourth-order valence-corrected chi connectivity index (χ4v) is 3.74. The van der Waals surface area contributed by atoms with Crippen LogP contribution in [-0.2, 0) is 0 Å². The second-order valence-corrected chi connectivity index (χ2v) is 4.94. The molecular weight excluding hydrogens is 342 g/mol. The van der Waals surface area contributed by atoms with Crippen molar-refractivity contribution in [2.75, 3.05) is 11.1 Å². The van der Waals surface area contributed by atoms with E-state index in [1.165, 1.54) is 5.52 Å². The van der Waals surface area contributed by atoms with Crippen molar-refractivity contribution < 1.29 is 26.0 Å². The monoisotopic (exact) mass is 349 g/mol. The van der Waals surface area contributed by atoms with Gasteiger partial charge >= 0.3 is 5.22 Å². The predicted octanol–water partition coefficient (Wildman–Crippen LogP) is -0.234. The zero-order valence-electron chi connectivity index (χ0n) is 7.82. The Morgan fingerprint density at radius 2 is 2.27 bits per heavy atom. The van der Waals surface area contributed by atoms with Crippen LogP contribution in [-0.4, -0.2) is 11.1 Å². The molecule has 1 aromatic carbocycles. The van der Waals surface area contributed by atoms with Crippen molar-refractivity contribution in [3.63, 3.8) is 0 Å². The summed E-state index contributed by atoms with van der Waals surface area (Å²) in [6.07, 6.45) is 0. The normalized spacial score (nSPS) is 18.9. The third-order valence-corrected chi connectivity index (χ3v) is 4.29. The Balaban J connectivity index is 0.000000853. The van der Waals surface area contributed by atoms with Crippen molar-refractivity contribution in [2.45, 2.75) is 11.3 Å². The van der Waals surface area contributed by atoms with E-state index in [9.17, 15) is 0 Å². The molecule has 0 amide bonds. The Hall–Kier alpha value is -0.000000000000000111. The maximum atomic E-state index is 5.75. The number of hydrogen-bond acceptors (Lipinski definition) is 2. The lowest BCUT2D eigenvalue weighted by atomic mass is 10.3. The van der Waals surface area contributed by atoms with Crippen LogP contribution in [0.4, 0.5) is 0 Å². The van der Waals surface area contributed by atoms with Crippen LogP contribution < -0.4 is 21.5 Å². The Labute approximate surface area is 111 Å². The van der Waals surface area contributed by atoms with Gasteiger partial charge in [0, 0.05) is 6.07 Å². The van der Waals surface area contributed by atoms with Crippen LogP contribution in [0.3, 0.4) is 0 Å². The van der Waals surface area contributed by atoms with Gasteiger partial charge in [0.2, 0.25) is 5.58 Å². The standard InChI is InChI=1S/C10H9BrNOS.BrH/c11-5-7-6-14-10-12(7)8-3-1-2-4-9(8)13-10;/h1-4,7H,5-6H2;1H/q+1;/p-1. The van der Waals surface area contributed by atoms with E-state index in [1.54, 1.807) is 11.8 Å². The summed E-state index contributed by atoms with van der Waals surface area (Å²) in [6.45, 7) is 0. The number of para-hydroxylation sites is 2. The largest absolute Gasteiger partial charge is 1.00 e. The van der Waals surface area contributed by atoms with Crippen LogP contribution in [0.15, 0.2) is 33.9 Å². The number of halogens is 2. The number of nitrogens with zero attached hydrogens (tertiary/aromatic N) is 1. The highest BCUT2D eigenvalue weighted by Gasteiger charge is 2.37. The van der Waals surface area contributed by atoms with Crippen LogP contribution in [0.2, 0.25) is 0 Å². The lowest BCUT2D eigenvalue weighted by Gasteiger charge is -1.96. The van der Waals surface area contributed by atoms with Crippen molar-refractivity contribution in [3.8, 4) is 0 Å². The summed E-state index contributed by atoms with van der Waals surface area (Å²) in [6, 6.07) is 8.73. The minimum absolute atomic E-state index is 0. The molecule has 0 fully saturated rings. The molecule has 0 saturated carbocycles. The van der Waals surface area contributed by atoms with Crippen LogP contribution in [0.25, 0.3) is 11.1 Å². The quantitative estimate of drug-likeness (QED) is 0.522. The summed E-state index contributed by atoms with van der Waals surface area (Å²) in [7, 11) is 0. The predicted molar refractivity (Wildman–Crippen MR) is 60.0 cm³/mol. The summed E-state index contributed by atoms with van der Waals surface area (Å²) < 4.78 is 8.03. The molecule has 0 saturated heterocycles. The topological polar surface area (TPSA) is 17.0 Å². The van der Waals surface area contributed by atoms with Gasteiger partial charge in [0.05, 0.1) is 11.1 Å². The van der Waals surface area contributed by atoms with Gasteiger partial charge < -0.3 is 21.4 Å². The first-order valence-corrected chi connectivity index (χ1v) is 6.62. The number of fused-ring (bicyclic) bond motifs is 3. The van der Waals surface area contributed by atoms with Gasteiger partial charge in [-0.3, -0.25) is 0 Å². The third-order valence-electron chi connectivity index (χ3n) is 2.46. The van der Waals surface area contributed by atoms with Crippen molar-refractivity contribution in [1.29, 1.82) is 0 Å². The molecular formula is C10H9Br2NOS. The molecule has 2 nitrogen and oxygen atoms in total. The van der Waals surface area contributed by atoms with Crippen LogP contribution in [0, 0.1) is 0 Å². The maximum absolute atomic E-state index is 5.75. The average Bonchev–Trinajstić information content (AvgIpc) is 2.75. The molecule has 1 atom stereocenters. The highest BCUT2D eigenvalue weighted by molar-refractivity contribution is 9.09. The van der Waals surface area contributed by atoms with Crippen molar-refractivity contribution in [3.05, 3.63) is 24.3 Å². The molecule has 2 aromatic rings. The number of aromatic nitrogens is 1. The highest BCUT2D eigenvalue weighted by atomic mass is 79.9. The molecule has 1 aliphatic heterocycles. The van der Waals surface area contributed by atoms with Gasteiger partial charge in [-0.1, -0.05) is 28.1 Å². The SMILES string of the molecule is BrCC1CSc2oc3ccccc3[n+]21.[Br-]. The number of benzene rings is 1. The van der Waals surface area contributed by atoms with Gasteiger partial charge in [0.1, 0.15) is 0 Å². The Kier molecular flexibility index (Phi) is 3.42. The fraction of sp³-hybridized carbons (Fsp3) is 0.300. The van der Waals surface area contributed by atoms with Gasteiger partial charge in [0.25, 0.3) is 5.52 Å². The van der Waals surface area contributed by atoms with Gasteiger partial charge in [-0.15, -0.1) is 4.57 Å². The number of hydrogen-bond donors (Lipinski definition) is 0. The number of alkyl halides is 1. The van der Waals surface area contributed by atoms with E-state index in [0.29, 0.717) is 6.04 Å². The summed E-state index contributed by atoms with van der Waals surface area (Å²) in [4.78, 5) is 0. The molecule has 0 N–H and O–H groups in total. The first-order chi connectivity index (χ1) is 6.90. The molecule has 1 unspecified atom stereocenters. The second kappa shape index (κ2) is 4.47. The molecule has 5 heteroatoms. The van der Waals surface area contributed by atoms with Crippen LogP contribution in [0.5, 0.6) is 0 Å². The van der Waals surface area contributed by atoms with Crippen molar-refractivity contribution >= 4 is 38.8 Å². The Morgan fingerprint density at radius 1 is 1.47 bits per heavy atom. The molecule has 3 rings (SSSR count). The third kappa shape index (κ3) is 1.74. The highest BCUT2D eigenvalue weighted by Crippen LogP contribution is 2.31. The summed E-state index contributed by atoms with van der Waals surface area (Å²) in [5.74, 6) is 1.11. The minimum atomic E-state index is 0. The number of thioether (sulfide) groups is 1. The first kappa shape index (κ1) is 11.5. The second-order valence-electron chi connectivity index (χ2n) is 3.32. The number of oxazole rings is 1. The zero-order chi connectivity index (χ0) is 9.54. The van der Waals surface area contributed by atoms with E-state index < -0.39 is 0 Å². The van der Waals surface area contributed by atoms with E-state index in [4.69, 9.17) is 4.42 Å². The molecule has 0 spiro atoms. The van der Waals surface area contributed by atoms with E-state index in [1.807, 2.05) is 12.1 Å². The molecule has 0 bridgehead atoms. The van der Waals surface area contributed by atoms with Gasteiger partial charge in [-0.25, -0.2) is 0 Å². The molecule has 15 heavy (non-hydrogen) atoms. The molecule has 0 radical (unpaired) electrons. The van der Waals surface area contributed by atoms with Gasteiger partial charge in [-0.05, 0) is 17.8 Å². The van der Waals surface area contributed by atoms with E-state index in [0.717, 1.165) is 21.9 Å². The van der Waals surface area contributed by atoms with Gasteiger partial charge in [-0.2, -0.15) is 0 Å². The molecule has 80 valence electrons. The van der Waals surface area contributed by atoms with E-state index in [2.05, 4.69) is 32.6 Å². The lowest BCUT2D eigenvalue weighted by molar-refractivity contribution is -0.726. The van der Waals surface area contributed by atoms with E-state index >= 15 is 0 Å². The van der Waals surface area contributed by atoms with Crippen molar-refractivity contribution in [2.24, 2.45) is 0 Å². The minimum Gasteiger partial charge on any atom is -1.00 e. The van der Waals surface area contributed by atoms with Crippen LogP contribution in [0.1, 0.15) is 6.04 Å². The lowest BCUT2D eigenvalue weighted by Crippen LogP contribution is -3.00. The summed E-state index contributed by atoms with van der Waals surface area (Å²) in [5.41, 5.74) is 2.19. The Bertz CT molecular complexity index is 485. The Morgan fingerprint density at radius 3 is 3.07 bits per heavy atom. The smallest absolute Gasteiger partial charge is 0.412 e. The average molecular weight is 351 g/mol. The van der Waals surface area contributed by atoms with E-state index in [-0.39, 0.29) is 17.0 Å². The molecule has 0 aliphatic carbocycles.